The molecule has 0 spiro atoms. The molecule has 16 heavy (non-hydrogen) atoms. The van der Waals surface area contributed by atoms with Crippen LogP contribution in [0.3, 0.4) is 0 Å². The SMILES string of the molecule is Nc1cnn(CCN2CCCCC2CO)c1. The van der Waals surface area contributed by atoms with Gasteiger partial charge < -0.3 is 10.8 Å². The predicted molar refractivity (Wildman–Crippen MR) is 62.9 cm³/mol. The van der Waals surface area contributed by atoms with Crippen molar-refractivity contribution in [3.05, 3.63) is 12.4 Å². The van der Waals surface area contributed by atoms with Gasteiger partial charge in [-0.2, -0.15) is 5.10 Å². The molecule has 1 aliphatic rings. The lowest BCUT2D eigenvalue weighted by Crippen LogP contribution is -2.43. The van der Waals surface area contributed by atoms with E-state index in [2.05, 4.69) is 10.00 Å². The van der Waals surface area contributed by atoms with Crippen LogP contribution in [0, 0.1) is 0 Å². The first-order chi connectivity index (χ1) is 7.79. The molecular formula is C11H20N4O. The van der Waals surface area contributed by atoms with Crippen molar-refractivity contribution in [1.29, 1.82) is 0 Å². The van der Waals surface area contributed by atoms with Crippen LogP contribution in [0.4, 0.5) is 5.69 Å². The predicted octanol–water partition coefficient (Wildman–Crippen LogP) is 0.312. The fourth-order valence-electron chi connectivity index (χ4n) is 2.29. The van der Waals surface area contributed by atoms with E-state index in [1.807, 2.05) is 10.9 Å². The minimum Gasteiger partial charge on any atom is -0.396 e. The zero-order chi connectivity index (χ0) is 11.4. The Morgan fingerprint density at radius 3 is 3.00 bits per heavy atom. The summed E-state index contributed by atoms with van der Waals surface area (Å²) in [5, 5.41) is 13.4. The van der Waals surface area contributed by atoms with Crippen molar-refractivity contribution in [3.8, 4) is 0 Å². The molecule has 0 saturated carbocycles. The Kier molecular flexibility index (Phi) is 3.79. The highest BCUT2D eigenvalue weighted by atomic mass is 16.3. The third-order valence-electron chi connectivity index (χ3n) is 3.23. The molecule has 1 atom stereocenters. The summed E-state index contributed by atoms with van der Waals surface area (Å²) >= 11 is 0. The van der Waals surface area contributed by atoms with Gasteiger partial charge in [-0.25, -0.2) is 0 Å². The molecule has 1 aliphatic heterocycles. The van der Waals surface area contributed by atoms with E-state index in [-0.39, 0.29) is 6.61 Å². The maximum atomic E-state index is 9.28. The molecule has 0 aliphatic carbocycles. The number of hydrogen-bond acceptors (Lipinski definition) is 4. The molecule has 0 bridgehead atoms. The van der Waals surface area contributed by atoms with Crippen molar-refractivity contribution in [2.24, 2.45) is 0 Å². The molecular weight excluding hydrogens is 204 g/mol. The highest BCUT2D eigenvalue weighted by Crippen LogP contribution is 2.16. The third kappa shape index (κ3) is 2.74. The highest BCUT2D eigenvalue weighted by Gasteiger charge is 2.20. The Balaban J connectivity index is 1.84. The molecule has 3 N–H and O–H groups in total. The summed E-state index contributed by atoms with van der Waals surface area (Å²) in [6, 6.07) is 0.335. The first-order valence-corrected chi connectivity index (χ1v) is 5.92. The first kappa shape index (κ1) is 11.4. The number of nitrogens with two attached hydrogens (primary N) is 1. The Morgan fingerprint density at radius 2 is 2.31 bits per heavy atom. The van der Waals surface area contributed by atoms with Gasteiger partial charge in [0.05, 0.1) is 25.0 Å². The van der Waals surface area contributed by atoms with Gasteiger partial charge in [-0.05, 0) is 19.4 Å². The van der Waals surface area contributed by atoms with Crippen LogP contribution < -0.4 is 5.73 Å². The minimum absolute atomic E-state index is 0.265. The lowest BCUT2D eigenvalue weighted by atomic mass is 10.0. The van der Waals surface area contributed by atoms with Crippen LogP contribution in [-0.4, -0.2) is 45.5 Å². The van der Waals surface area contributed by atoms with Gasteiger partial charge in [0.15, 0.2) is 0 Å². The van der Waals surface area contributed by atoms with E-state index in [4.69, 9.17) is 5.73 Å². The largest absolute Gasteiger partial charge is 0.396 e. The molecule has 2 rings (SSSR count). The van der Waals surface area contributed by atoms with Crippen molar-refractivity contribution < 1.29 is 5.11 Å². The Hall–Kier alpha value is -1.07. The maximum absolute atomic E-state index is 9.28. The number of aliphatic hydroxyl groups excluding tert-OH is 1. The molecule has 0 amide bonds. The van der Waals surface area contributed by atoms with E-state index in [0.717, 1.165) is 26.1 Å². The van der Waals surface area contributed by atoms with Crippen LogP contribution in [0.25, 0.3) is 0 Å². The van der Waals surface area contributed by atoms with Gasteiger partial charge in [0.25, 0.3) is 0 Å². The second-order valence-electron chi connectivity index (χ2n) is 4.40. The number of rotatable bonds is 4. The van der Waals surface area contributed by atoms with Crippen LogP contribution in [-0.2, 0) is 6.54 Å². The monoisotopic (exact) mass is 224 g/mol. The van der Waals surface area contributed by atoms with E-state index in [1.54, 1.807) is 6.20 Å². The summed E-state index contributed by atoms with van der Waals surface area (Å²) < 4.78 is 1.86. The number of nitrogens with zero attached hydrogens (tertiary/aromatic N) is 3. The number of nitrogen functional groups attached to an aromatic ring is 1. The van der Waals surface area contributed by atoms with Crippen molar-refractivity contribution >= 4 is 5.69 Å². The van der Waals surface area contributed by atoms with Gasteiger partial charge in [0, 0.05) is 18.8 Å². The van der Waals surface area contributed by atoms with Crippen molar-refractivity contribution in [2.45, 2.75) is 31.8 Å². The second kappa shape index (κ2) is 5.32. The summed E-state index contributed by atoms with van der Waals surface area (Å²) in [4.78, 5) is 2.35. The first-order valence-electron chi connectivity index (χ1n) is 5.92. The molecule has 90 valence electrons. The number of anilines is 1. The van der Waals surface area contributed by atoms with Gasteiger partial charge >= 0.3 is 0 Å². The molecule has 1 aromatic rings. The molecule has 1 unspecified atom stereocenters. The lowest BCUT2D eigenvalue weighted by molar-refractivity contribution is 0.0862. The summed E-state index contributed by atoms with van der Waals surface area (Å²) in [6.45, 7) is 3.13. The minimum atomic E-state index is 0.265. The van der Waals surface area contributed by atoms with E-state index in [1.165, 1.54) is 12.8 Å². The molecule has 1 aromatic heterocycles. The maximum Gasteiger partial charge on any atom is 0.0719 e. The number of aromatic nitrogens is 2. The second-order valence-corrected chi connectivity index (χ2v) is 4.40. The molecule has 2 heterocycles. The fraction of sp³-hybridized carbons (Fsp3) is 0.727. The highest BCUT2D eigenvalue weighted by molar-refractivity contribution is 5.30. The average molecular weight is 224 g/mol. The van der Waals surface area contributed by atoms with E-state index >= 15 is 0 Å². The van der Waals surface area contributed by atoms with Crippen LogP contribution in [0.15, 0.2) is 12.4 Å². The van der Waals surface area contributed by atoms with Gasteiger partial charge in [-0.15, -0.1) is 0 Å². The van der Waals surface area contributed by atoms with Crippen LogP contribution in [0.5, 0.6) is 0 Å². The van der Waals surface area contributed by atoms with Gasteiger partial charge in [0.2, 0.25) is 0 Å². The van der Waals surface area contributed by atoms with E-state index in [0.29, 0.717) is 11.7 Å². The average Bonchev–Trinajstić information content (AvgIpc) is 2.73. The molecule has 1 fully saturated rings. The summed E-state index contributed by atoms with van der Waals surface area (Å²) in [5.74, 6) is 0. The number of hydrogen-bond donors (Lipinski definition) is 2. The lowest BCUT2D eigenvalue weighted by Gasteiger charge is -2.34. The molecule has 5 nitrogen and oxygen atoms in total. The quantitative estimate of drug-likeness (QED) is 0.772. The van der Waals surface area contributed by atoms with Crippen molar-refractivity contribution in [3.63, 3.8) is 0 Å². The Bertz CT molecular complexity index is 326. The molecule has 1 saturated heterocycles. The van der Waals surface area contributed by atoms with Crippen LogP contribution in [0.1, 0.15) is 19.3 Å². The Morgan fingerprint density at radius 1 is 1.44 bits per heavy atom. The van der Waals surface area contributed by atoms with Gasteiger partial charge in [-0.3, -0.25) is 9.58 Å². The smallest absolute Gasteiger partial charge is 0.0719 e. The number of piperidine rings is 1. The molecule has 0 aromatic carbocycles. The summed E-state index contributed by atoms with van der Waals surface area (Å²) in [7, 11) is 0. The van der Waals surface area contributed by atoms with Gasteiger partial charge in [-0.1, -0.05) is 6.42 Å². The molecule has 5 heteroatoms. The van der Waals surface area contributed by atoms with Crippen LogP contribution >= 0.6 is 0 Å². The topological polar surface area (TPSA) is 67.3 Å². The molecule has 0 radical (unpaired) electrons. The Labute approximate surface area is 95.8 Å². The fourth-order valence-corrected chi connectivity index (χ4v) is 2.29. The summed E-state index contributed by atoms with van der Waals surface area (Å²) in [5.41, 5.74) is 6.31. The standard InChI is InChI=1S/C11H20N4O/c12-10-7-13-15(8-10)6-5-14-4-2-1-3-11(14)9-16/h7-8,11,16H,1-6,9,12H2. The normalized spacial score (nSPS) is 22.4. The van der Waals surface area contributed by atoms with E-state index < -0.39 is 0 Å². The third-order valence-corrected chi connectivity index (χ3v) is 3.23. The zero-order valence-corrected chi connectivity index (χ0v) is 9.55. The van der Waals surface area contributed by atoms with Gasteiger partial charge in [0.1, 0.15) is 0 Å². The van der Waals surface area contributed by atoms with E-state index in [9.17, 15) is 5.11 Å². The van der Waals surface area contributed by atoms with Crippen molar-refractivity contribution in [1.82, 2.24) is 14.7 Å². The zero-order valence-electron chi connectivity index (χ0n) is 9.55. The van der Waals surface area contributed by atoms with Crippen LogP contribution in [0.2, 0.25) is 0 Å². The number of aliphatic hydroxyl groups is 1. The summed E-state index contributed by atoms with van der Waals surface area (Å²) in [6.07, 6.45) is 7.09. The number of likely N-dealkylation sites (tertiary alicyclic amines) is 1. The van der Waals surface area contributed by atoms with Crippen molar-refractivity contribution in [2.75, 3.05) is 25.4 Å².